The summed E-state index contributed by atoms with van der Waals surface area (Å²) in [5.41, 5.74) is 1.06. The average Bonchev–Trinajstić information content (AvgIpc) is 3.16. The van der Waals surface area contributed by atoms with Crippen LogP contribution in [0.3, 0.4) is 0 Å². The number of ether oxygens (including phenoxy) is 2. The van der Waals surface area contributed by atoms with E-state index in [4.69, 9.17) is 13.9 Å². The third-order valence-corrected chi connectivity index (χ3v) is 5.48. The first kappa shape index (κ1) is 22.7. The summed E-state index contributed by atoms with van der Waals surface area (Å²) in [6.07, 6.45) is 3.28. The van der Waals surface area contributed by atoms with E-state index in [-0.39, 0.29) is 14.8 Å². The van der Waals surface area contributed by atoms with Crippen molar-refractivity contribution in [1.29, 1.82) is 5.26 Å². The Morgan fingerprint density at radius 3 is 2.48 bits per heavy atom. The van der Waals surface area contributed by atoms with Crippen LogP contribution in [-0.2, 0) is 19.6 Å². The zero-order chi connectivity index (χ0) is 21.8. The predicted molar refractivity (Wildman–Crippen MR) is 110 cm³/mol. The molecule has 0 aliphatic heterocycles. The molecule has 1 aromatic heterocycles. The van der Waals surface area contributed by atoms with Crippen LogP contribution in [0.15, 0.2) is 30.7 Å². The van der Waals surface area contributed by atoms with Gasteiger partial charge in [0.05, 0.1) is 49.7 Å². The molecule has 0 saturated heterocycles. The number of esters is 1. The fourth-order valence-corrected chi connectivity index (χ4v) is 3.48. The third kappa shape index (κ3) is 5.25. The maximum absolute atomic E-state index is 12.8. The van der Waals surface area contributed by atoms with Gasteiger partial charge < -0.3 is 18.5 Å². The Bertz CT molecular complexity index is 909. The summed E-state index contributed by atoms with van der Waals surface area (Å²) in [6.45, 7) is 10.2. The molecule has 0 aliphatic rings. The highest BCUT2D eigenvalue weighted by Gasteiger charge is 2.34. The van der Waals surface area contributed by atoms with Gasteiger partial charge in [0.15, 0.2) is 6.04 Å². The molecular formula is C21H27N3O4Si. The van der Waals surface area contributed by atoms with E-state index in [1.54, 1.807) is 35.3 Å². The summed E-state index contributed by atoms with van der Waals surface area (Å²) in [5.74, 6) is -0.0456. The van der Waals surface area contributed by atoms with Crippen molar-refractivity contribution in [2.45, 2.75) is 51.3 Å². The Labute approximate surface area is 174 Å². The third-order valence-electron chi connectivity index (χ3n) is 4.26. The van der Waals surface area contributed by atoms with Crippen molar-refractivity contribution in [3.63, 3.8) is 0 Å². The van der Waals surface area contributed by atoms with Gasteiger partial charge in [-0.25, -0.2) is 9.78 Å². The Hall–Kier alpha value is -2.63. The van der Waals surface area contributed by atoms with Crippen molar-refractivity contribution in [1.82, 2.24) is 9.55 Å². The molecule has 154 valence electrons. The lowest BCUT2D eigenvalue weighted by molar-refractivity contribution is -0.143. The van der Waals surface area contributed by atoms with E-state index in [2.05, 4.69) is 31.8 Å². The second kappa shape index (κ2) is 8.80. The number of rotatable bonds is 7. The molecule has 2 aromatic rings. The van der Waals surface area contributed by atoms with Crippen LogP contribution < -0.4 is 4.74 Å². The number of carbonyl (C=O) groups is 1. The lowest BCUT2D eigenvalue weighted by atomic mass is 10.0. The van der Waals surface area contributed by atoms with Gasteiger partial charge >= 0.3 is 5.97 Å². The summed E-state index contributed by atoms with van der Waals surface area (Å²) in [6, 6.07) is 6.19. The first-order valence-electron chi connectivity index (χ1n) is 9.17. The standard InChI is InChI=1S/C21H27N3O4Si/c1-20(2,3)29-28-21(4,5)17-12-23-13-24(17)18(19(25)27-7)15-9-8-14(11-22)10-16(15)26-6/h8-10,12-13,18H,1-7H3. The summed E-state index contributed by atoms with van der Waals surface area (Å²) in [7, 11) is 3.10. The molecule has 0 N–H and O–H groups in total. The predicted octanol–water partition coefficient (Wildman–Crippen LogP) is 3.62. The van der Waals surface area contributed by atoms with E-state index in [0.717, 1.165) is 5.69 Å². The molecular weight excluding hydrogens is 386 g/mol. The number of benzene rings is 1. The molecule has 2 radical (unpaired) electrons. The number of hydrogen-bond acceptors (Lipinski definition) is 6. The smallest absolute Gasteiger partial charge is 0.333 e. The molecule has 0 saturated carbocycles. The average molecular weight is 414 g/mol. The molecule has 2 rings (SSSR count). The molecule has 0 spiro atoms. The van der Waals surface area contributed by atoms with Crippen molar-refractivity contribution < 1.29 is 18.7 Å². The Morgan fingerprint density at radius 2 is 1.93 bits per heavy atom. The number of aromatic nitrogens is 2. The molecule has 1 aromatic carbocycles. The normalized spacial score (nSPS) is 12.9. The first-order valence-corrected chi connectivity index (χ1v) is 10.1. The van der Waals surface area contributed by atoms with E-state index in [0.29, 0.717) is 16.9 Å². The van der Waals surface area contributed by atoms with Crippen molar-refractivity contribution in [2.24, 2.45) is 0 Å². The molecule has 1 heterocycles. The fourth-order valence-electron chi connectivity index (χ4n) is 2.82. The molecule has 0 amide bonds. The summed E-state index contributed by atoms with van der Waals surface area (Å²) < 4.78 is 18.5. The summed E-state index contributed by atoms with van der Waals surface area (Å²) in [5, 5.41) is 9.19. The van der Waals surface area contributed by atoms with E-state index in [1.807, 2.05) is 13.8 Å². The maximum Gasteiger partial charge on any atom is 0.333 e. The number of imidazole rings is 1. The molecule has 0 bridgehead atoms. The monoisotopic (exact) mass is 413 g/mol. The molecule has 29 heavy (non-hydrogen) atoms. The van der Waals surface area contributed by atoms with Gasteiger partial charge in [0, 0.05) is 5.56 Å². The number of carbonyl (C=O) groups excluding carboxylic acids is 1. The van der Waals surface area contributed by atoms with Gasteiger partial charge in [0.2, 0.25) is 9.76 Å². The minimum absolute atomic E-state index is 0.0141. The molecule has 0 aliphatic carbocycles. The highest BCUT2D eigenvalue weighted by molar-refractivity contribution is 6.31. The van der Waals surface area contributed by atoms with Gasteiger partial charge in [-0.1, -0.05) is 26.8 Å². The van der Waals surface area contributed by atoms with Crippen molar-refractivity contribution in [2.75, 3.05) is 14.2 Å². The minimum Gasteiger partial charge on any atom is -0.496 e. The summed E-state index contributed by atoms with van der Waals surface area (Å²) in [4.78, 5) is 17.1. The van der Waals surface area contributed by atoms with E-state index in [9.17, 15) is 10.1 Å². The van der Waals surface area contributed by atoms with E-state index < -0.39 is 17.6 Å². The summed E-state index contributed by atoms with van der Waals surface area (Å²) >= 11 is 0. The highest BCUT2D eigenvalue weighted by atomic mass is 28.2. The topological polar surface area (TPSA) is 86.4 Å². The number of nitriles is 1. The van der Waals surface area contributed by atoms with E-state index >= 15 is 0 Å². The second-order valence-electron chi connectivity index (χ2n) is 8.14. The molecule has 8 heteroatoms. The quantitative estimate of drug-likeness (QED) is 0.509. The van der Waals surface area contributed by atoms with Crippen molar-refractivity contribution >= 4 is 15.7 Å². The Balaban J connectivity index is 2.56. The van der Waals surface area contributed by atoms with Crippen LogP contribution in [0, 0.1) is 11.3 Å². The maximum atomic E-state index is 12.8. The SMILES string of the molecule is COC(=O)C(c1ccc(C#N)cc1OC)n1cncc1C(C)(C)O[Si]C(C)(C)C. The van der Waals surface area contributed by atoms with Crippen LogP contribution in [0.2, 0.25) is 5.04 Å². The van der Waals surface area contributed by atoms with Crippen LogP contribution in [0.4, 0.5) is 0 Å². The van der Waals surface area contributed by atoms with Crippen LogP contribution in [-0.4, -0.2) is 39.5 Å². The van der Waals surface area contributed by atoms with Crippen molar-refractivity contribution in [3.8, 4) is 11.8 Å². The van der Waals surface area contributed by atoms with Gasteiger partial charge in [0.25, 0.3) is 0 Å². The number of nitrogens with zero attached hydrogens (tertiary/aromatic N) is 3. The molecule has 0 fully saturated rings. The minimum atomic E-state index is -0.832. The van der Waals surface area contributed by atoms with Crippen LogP contribution >= 0.6 is 0 Å². The van der Waals surface area contributed by atoms with Gasteiger partial charge in [-0.05, 0) is 31.0 Å². The molecule has 1 unspecified atom stereocenters. The Morgan fingerprint density at radius 1 is 1.24 bits per heavy atom. The first-order chi connectivity index (χ1) is 13.5. The lowest BCUT2D eigenvalue weighted by Crippen LogP contribution is -2.33. The van der Waals surface area contributed by atoms with E-state index in [1.165, 1.54) is 14.2 Å². The van der Waals surface area contributed by atoms with Gasteiger partial charge in [-0.15, -0.1) is 0 Å². The van der Waals surface area contributed by atoms with Gasteiger partial charge in [-0.2, -0.15) is 5.26 Å². The zero-order valence-corrected chi connectivity index (χ0v) is 18.9. The fraction of sp³-hybridized carbons (Fsp3) is 0.476. The van der Waals surface area contributed by atoms with Crippen LogP contribution in [0.1, 0.15) is 57.5 Å². The zero-order valence-electron chi connectivity index (χ0n) is 17.9. The van der Waals surface area contributed by atoms with Crippen molar-refractivity contribution in [3.05, 3.63) is 47.5 Å². The highest BCUT2D eigenvalue weighted by Crippen LogP contribution is 2.35. The second-order valence-corrected chi connectivity index (χ2v) is 10.1. The van der Waals surface area contributed by atoms with Gasteiger partial charge in [-0.3, -0.25) is 0 Å². The largest absolute Gasteiger partial charge is 0.496 e. The number of hydrogen-bond donors (Lipinski definition) is 0. The molecule has 1 atom stereocenters. The lowest BCUT2D eigenvalue weighted by Gasteiger charge is -2.31. The Kier molecular flexibility index (Phi) is 6.88. The molecule has 7 nitrogen and oxygen atoms in total. The number of methoxy groups -OCH3 is 2. The van der Waals surface area contributed by atoms with Gasteiger partial charge in [0.1, 0.15) is 5.75 Å². The van der Waals surface area contributed by atoms with Crippen LogP contribution in [0.5, 0.6) is 5.75 Å². The van der Waals surface area contributed by atoms with Crippen LogP contribution in [0.25, 0.3) is 0 Å².